The molecule has 3 heterocycles. The summed E-state index contributed by atoms with van der Waals surface area (Å²) in [4.78, 5) is 26.5. The van der Waals surface area contributed by atoms with E-state index in [2.05, 4.69) is 10.6 Å². The normalized spacial score (nSPS) is 17.4. The van der Waals surface area contributed by atoms with Crippen molar-refractivity contribution in [3.63, 3.8) is 0 Å². The Morgan fingerprint density at radius 3 is 2.86 bits per heavy atom. The number of furan rings is 1. The Labute approximate surface area is 171 Å². The van der Waals surface area contributed by atoms with Crippen LogP contribution < -0.4 is 10.6 Å². The summed E-state index contributed by atoms with van der Waals surface area (Å²) >= 11 is 1.59. The maximum Gasteiger partial charge on any atom is 0.340 e. The molecule has 1 aliphatic carbocycles. The number of aryl methyl sites for hydroxylation is 1. The molecule has 1 unspecified atom stereocenters. The van der Waals surface area contributed by atoms with Crippen LogP contribution in [-0.2, 0) is 24.1 Å². The van der Waals surface area contributed by atoms with Gasteiger partial charge in [-0.15, -0.1) is 11.3 Å². The van der Waals surface area contributed by atoms with Gasteiger partial charge < -0.3 is 19.8 Å². The van der Waals surface area contributed by atoms with E-state index in [4.69, 9.17) is 9.15 Å². The van der Waals surface area contributed by atoms with Gasteiger partial charge in [-0.25, -0.2) is 4.79 Å². The zero-order valence-corrected chi connectivity index (χ0v) is 16.5. The number of benzene rings is 1. The number of fused-ring (bicyclic) bond motifs is 2. The van der Waals surface area contributed by atoms with Gasteiger partial charge in [0.05, 0.1) is 23.9 Å². The molecule has 6 nitrogen and oxygen atoms in total. The average molecular weight is 408 g/mol. The first-order chi connectivity index (χ1) is 14.2. The number of thiophene rings is 1. The predicted molar refractivity (Wildman–Crippen MR) is 109 cm³/mol. The number of hydrogen-bond donors (Lipinski definition) is 2. The number of esters is 1. The number of rotatable bonds is 5. The molecule has 0 bridgehead atoms. The van der Waals surface area contributed by atoms with E-state index < -0.39 is 6.23 Å². The van der Waals surface area contributed by atoms with Crippen LogP contribution in [0.3, 0.4) is 0 Å². The smallest absolute Gasteiger partial charge is 0.340 e. The fraction of sp³-hybridized carbons (Fsp3) is 0.273. The molecule has 0 fully saturated rings. The summed E-state index contributed by atoms with van der Waals surface area (Å²) < 4.78 is 10.8. The molecule has 1 atom stereocenters. The van der Waals surface area contributed by atoms with Gasteiger partial charge >= 0.3 is 5.97 Å². The largest absolute Gasteiger partial charge is 0.467 e. The van der Waals surface area contributed by atoms with Gasteiger partial charge in [-0.05, 0) is 49.4 Å². The van der Waals surface area contributed by atoms with Crippen LogP contribution in [0.2, 0.25) is 0 Å². The Morgan fingerprint density at radius 1 is 1.14 bits per heavy atom. The van der Waals surface area contributed by atoms with Crippen LogP contribution in [0.4, 0.5) is 5.00 Å². The maximum absolute atomic E-state index is 13.1. The summed E-state index contributed by atoms with van der Waals surface area (Å²) in [6.07, 6.45) is 5.06. The Hall–Kier alpha value is -3.06. The van der Waals surface area contributed by atoms with E-state index in [0.29, 0.717) is 23.4 Å². The summed E-state index contributed by atoms with van der Waals surface area (Å²) in [5, 5.41) is 7.03. The number of nitrogens with one attached hydrogen (secondary N) is 2. The lowest BCUT2D eigenvalue weighted by atomic mass is 9.95. The average Bonchev–Trinajstić information content (AvgIpc) is 3.45. The Bertz CT molecular complexity index is 1070. The molecular formula is C22H20N2O4S. The monoisotopic (exact) mass is 408 g/mol. The summed E-state index contributed by atoms with van der Waals surface area (Å²) in [7, 11) is 0. The van der Waals surface area contributed by atoms with Crippen molar-refractivity contribution in [2.24, 2.45) is 0 Å². The first kappa shape index (κ1) is 18.0. The second-order valence-corrected chi connectivity index (χ2v) is 8.30. The minimum absolute atomic E-state index is 0.138. The van der Waals surface area contributed by atoms with Crippen LogP contribution in [0.15, 0.2) is 47.1 Å². The van der Waals surface area contributed by atoms with Crippen molar-refractivity contribution in [2.45, 2.75) is 38.5 Å². The van der Waals surface area contributed by atoms with Crippen LogP contribution in [0.5, 0.6) is 0 Å². The first-order valence-corrected chi connectivity index (χ1v) is 10.5. The highest BCUT2D eigenvalue weighted by molar-refractivity contribution is 7.16. The summed E-state index contributed by atoms with van der Waals surface area (Å²) in [5.41, 5.74) is 3.14. The van der Waals surface area contributed by atoms with Crippen molar-refractivity contribution < 1.29 is 18.7 Å². The van der Waals surface area contributed by atoms with E-state index in [1.165, 1.54) is 4.88 Å². The molecule has 2 aliphatic rings. The first-order valence-electron chi connectivity index (χ1n) is 9.72. The third-order valence-corrected chi connectivity index (χ3v) is 6.57. The highest BCUT2D eigenvalue weighted by Crippen LogP contribution is 2.41. The summed E-state index contributed by atoms with van der Waals surface area (Å²) in [5.74, 6) is 0.222. The molecular weight excluding hydrogens is 388 g/mol. The molecule has 1 amide bonds. The molecule has 2 N–H and O–H groups in total. The Kier molecular flexibility index (Phi) is 4.60. The number of cyclic esters (lactones) is 1. The van der Waals surface area contributed by atoms with Gasteiger partial charge in [-0.1, -0.05) is 18.2 Å². The van der Waals surface area contributed by atoms with Gasteiger partial charge in [-0.2, -0.15) is 0 Å². The quantitative estimate of drug-likeness (QED) is 0.611. The predicted octanol–water partition coefficient (Wildman–Crippen LogP) is 4.43. The molecule has 0 radical (unpaired) electrons. The second-order valence-electron chi connectivity index (χ2n) is 7.19. The number of hydrogen-bond acceptors (Lipinski definition) is 6. The van der Waals surface area contributed by atoms with Crippen molar-refractivity contribution in [3.8, 4) is 0 Å². The zero-order chi connectivity index (χ0) is 19.8. The molecule has 148 valence electrons. The number of carbonyl (C=O) groups excluding carboxylic acids is 2. The summed E-state index contributed by atoms with van der Waals surface area (Å²) in [6, 6.07) is 11.0. The van der Waals surface area contributed by atoms with E-state index in [-0.39, 0.29) is 11.9 Å². The molecule has 2 aromatic heterocycles. The number of anilines is 1. The highest BCUT2D eigenvalue weighted by atomic mass is 32.1. The molecule has 3 aromatic rings. The minimum atomic E-state index is -0.588. The molecule has 0 spiro atoms. The summed E-state index contributed by atoms with van der Waals surface area (Å²) in [6.45, 7) is 0.330. The molecule has 29 heavy (non-hydrogen) atoms. The number of ether oxygens (including phenoxy) is 1. The van der Waals surface area contributed by atoms with E-state index in [1.54, 1.807) is 29.7 Å². The van der Waals surface area contributed by atoms with Gasteiger partial charge in [0.25, 0.3) is 5.91 Å². The molecule has 1 aromatic carbocycles. The zero-order valence-electron chi connectivity index (χ0n) is 15.7. The van der Waals surface area contributed by atoms with Crippen molar-refractivity contribution >= 4 is 28.2 Å². The number of amides is 1. The topological polar surface area (TPSA) is 80.6 Å². The second kappa shape index (κ2) is 7.40. The van der Waals surface area contributed by atoms with Crippen molar-refractivity contribution in [3.05, 3.63) is 75.6 Å². The SMILES string of the molecule is O=C1OC(Nc2sc3c(c2C(=O)NCc2ccco2)CCCC3)c2ccccc21. The molecule has 0 saturated carbocycles. The van der Waals surface area contributed by atoms with Crippen LogP contribution in [0.25, 0.3) is 0 Å². The third-order valence-electron chi connectivity index (χ3n) is 5.35. The molecule has 0 saturated heterocycles. The fourth-order valence-corrected chi connectivity index (χ4v) is 5.25. The Balaban J connectivity index is 1.44. The van der Waals surface area contributed by atoms with Crippen LogP contribution in [-0.4, -0.2) is 11.9 Å². The lowest BCUT2D eigenvalue weighted by molar-refractivity contribution is 0.0437. The standard InChI is InChI=1S/C22H20N2O4S/c25-19(23-12-13-6-5-11-27-13)18-16-9-3-4-10-17(16)29-21(18)24-20-14-7-1-2-8-15(14)22(26)28-20/h1-2,5-8,11,20,24H,3-4,9-10,12H2,(H,23,25). The van der Waals surface area contributed by atoms with Crippen molar-refractivity contribution in [1.82, 2.24) is 5.32 Å². The van der Waals surface area contributed by atoms with E-state index in [1.807, 2.05) is 24.3 Å². The van der Waals surface area contributed by atoms with E-state index in [0.717, 1.165) is 41.8 Å². The van der Waals surface area contributed by atoms with Gasteiger partial charge in [0, 0.05) is 10.4 Å². The van der Waals surface area contributed by atoms with Crippen molar-refractivity contribution in [2.75, 3.05) is 5.32 Å². The lowest BCUT2D eigenvalue weighted by Gasteiger charge is -2.16. The molecule has 5 rings (SSSR count). The maximum atomic E-state index is 13.1. The molecule has 7 heteroatoms. The van der Waals surface area contributed by atoms with E-state index >= 15 is 0 Å². The van der Waals surface area contributed by atoms with Gasteiger partial charge in [0.2, 0.25) is 6.23 Å². The van der Waals surface area contributed by atoms with Gasteiger partial charge in [0.1, 0.15) is 10.8 Å². The van der Waals surface area contributed by atoms with E-state index in [9.17, 15) is 9.59 Å². The van der Waals surface area contributed by atoms with Gasteiger partial charge in [-0.3, -0.25) is 4.79 Å². The minimum Gasteiger partial charge on any atom is -0.467 e. The van der Waals surface area contributed by atoms with Crippen molar-refractivity contribution in [1.29, 1.82) is 0 Å². The fourth-order valence-electron chi connectivity index (χ4n) is 3.95. The number of carbonyl (C=O) groups is 2. The highest BCUT2D eigenvalue weighted by Gasteiger charge is 2.33. The van der Waals surface area contributed by atoms with Crippen LogP contribution >= 0.6 is 11.3 Å². The van der Waals surface area contributed by atoms with Crippen LogP contribution in [0, 0.1) is 0 Å². The molecule has 1 aliphatic heterocycles. The van der Waals surface area contributed by atoms with Gasteiger partial charge in [0.15, 0.2) is 0 Å². The van der Waals surface area contributed by atoms with Crippen LogP contribution in [0.1, 0.15) is 61.5 Å². The lowest BCUT2D eigenvalue weighted by Crippen LogP contribution is -2.25. The Morgan fingerprint density at radius 2 is 2.00 bits per heavy atom. The third kappa shape index (κ3) is 3.31.